The van der Waals surface area contributed by atoms with Crippen LogP contribution >= 0.6 is 0 Å². The summed E-state index contributed by atoms with van der Waals surface area (Å²) < 4.78 is 28.6. The lowest BCUT2D eigenvalue weighted by atomic mass is 10.2. The van der Waals surface area contributed by atoms with Crippen LogP contribution in [0.1, 0.15) is 15.9 Å². The minimum atomic E-state index is -3.33. The van der Waals surface area contributed by atoms with E-state index in [-0.39, 0.29) is 17.9 Å². The standard InChI is InChI=1S/C19H18N2O5S/c22-18(13-26-19(23)16-6-9-20-10-7-16)21(12-15-4-2-1-3-5-15)17-8-11-27(24,25)14-17/h1-11,17H,12-14H2/t17-/m1/s1. The van der Waals surface area contributed by atoms with Crippen LogP contribution in [-0.4, -0.2) is 48.6 Å². The van der Waals surface area contributed by atoms with Crippen LogP contribution in [0.3, 0.4) is 0 Å². The highest BCUT2D eigenvalue weighted by Crippen LogP contribution is 2.18. The molecule has 0 radical (unpaired) electrons. The summed E-state index contributed by atoms with van der Waals surface area (Å²) in [6, 6.07) is 11.6. The van der Waals surface area contributed by atoms with Crippen LogP contribution in [0, 0.1) is 0 Å². The molecule has 1 aromatic heterocycles. The van der Waals surface area contributed by atoms with Crippen molar-refractivity contribution in [2.24, 2.45) is 0 Å². The monoisotopic (exact) mass is 386 g/mol. The number of benzene rings is 1. The summed E-state index contributed by atoms with van der Waals surface area (Å²) in [6.45, 7) is -0.255. The molecule has 0 bridgehead atoms. The number of ether oxygens (including phenoxy) is 1. The Morgan fingerprint density at radius 2 is 1.81 bits per heavy atom. The van der Waals surface area contributed by atoms with Gasteiger partial charge in [-0.3, -0.25) is 9.78 Å². The van der Waals surface area contributed by atoms with Crippen LogP contribution in [0.15, 0.2) is 66.3 Å². The summed E-state index contributed by atoms with van der Waals surface area (Å²) >= 11 is 0. The maximum atomic E-state index is 12.7. The van der Waals surface area contributed by atoms with E-state index in [0.717, 1.165) is 11.0 Å². The molecule has 2 heterocycles. The summed E-state index contributed by atoms with van der Waals surface area (Å²) in [6.07, 6.45) is 4.39. The van der Waals surface area contributed by atoms with Crippen molar-refractivity contribution in [2.45, 2.75) is 12.6 Å². The summed E-state index contributed by atoms with van der Waals surface area (Å²) in [5, 5.41) is 1.12. The summed E-state index contributed by atoms with van der Waals surface area (Å²) in [7, 11) is -3.33. The second-order valence-electron chi connectivity index (χ2n) is 6.04. The predicted octanol–water partition coefficient (Wildman–Crippen LogP) is 1.58. The first-order chi connectivity index (χ1) is 12.9. The van der Waals surface area contributed by atoms with Crippen LogP contribution in [0.25, 0.3) is 0 Å². The number of carbonyl (C=O) groups is 2. The van der Waals surface area contributed by atoms with E-state index in [2.05, 4.69) is 4.98 Å². The molecular weight excluding hydrogens is 368 g/mol. The molecule has 1 aliphatic heterocycles. The van der Waals surface area contributed by atoms with Gasteiger partial charge in [0.2, 0.25) is 0 Å². The minimum Gasteiger partial charge on any atom is -0.452 e. The summed E-state index contributed by atoms with van der Waals surface area (Å²) in [5.74, 6) is -1.28. The molecule has 0 fully saturated rings. The van der Waals surface area contributed by atoms with Crippen LogP contribution in [-0.2, 0) is 25.9 Å². The third-order valence-electron chi connectivity index (χ3n) is 4.07. The van der Waals surface area contributed by atoms with Gasteiger partial charge >= 0.3 is 5.97 Å². The Morgan fingerprint density at radius 1 is 1.11 bits per heavy atom. The van der Waals surface area contributed by atoms with E-state index in [1.807, 2.05) is 30.3 Å². The lowest BCUT2D eigenvalue weighted by Crippen LogP contribution is -2.42. The van der Waals surface area contributed by atoms with Gasteiger partial charge in [-0.1, -0.05) is 30.3 Å². The number of pyridine rings is 1. The van der Waals surface area contributed by atoms with Crippen molar-refractivity contribution in [1.29, 1.82) is 0 Å². The van der Waals surface area contributed by atoms with Crippen LogP contribution in [0.4, 0.5) is 0 Å². The molecule has 0 saturated carbocycles. The number of hydrogen-bond donors (Lipinski definition) is 0. The van der Waals surface area contributed by atoms with E-state index in [0.29, 0.717) is 0 Å². The summed E-state index contributed by atoms with van der Waals surface area (Å²) in [5.41, 5.74) is 1.14. The molecule has 2 aromatic rings. The number of carbonyl (C=O) groups excluding carboxylic acids is 2. The number of hydrogen-bond acceptors (Lipinski definition) is 6. The third-order valence-corrected chi connectivity index (χ3v) is 5.45. The first-order valence-corrected chi connectivity index (χ1v) is 9.98. The second kappa shape index (κ2) is 8.13. The number of sulfone groups is 1. The van der Waals surface area contributed by atoms with Gasteiger partial charge in [-0.15, -0.1) is 0 Å². The molecule has 8 heteroatoms. The number of aromatic nitrogens is 1. The Morgan fingerprint density at radius 3 is 2.44 bits per heavy atom. The molecule has 7 nitrogen and oxygen atoms in total. The van der Waals surface area contributed by atoms with Crippen molar-refractivity contribution in [3.05, 3.63) is 77.5 Å². The van der Waals surface area contributed by atoms with Crippen molar-refractivity contribution < 1.29 is 22.7 Å². The van der Waals surface area contributed by atoms with Crippen molar-refractivity contribution in [1.82, 2.24) is 9.88 Å². The number of amides is 1. The molecule has 1 atom stereocenters. The van der Waals surface area contributed by atoms with Gasteiger partial charge in [0, 0.05) is 24.3 Å². The SMILES string of the molecule is O=C(OCC(=O)N(Cc1ccccc1)[C@@H]1C=CS(=O)(=O)C1)c1ccncc1. The van der Waals surface area contributed by atoms with E-state index in [1.165, 1.54) is 35.5 Å². The Hall–Kier alpha value is -3.00. The normalized spacial score (nSPS) is 17.4. The largest absolute Gasteiger partial charge is 0.452 e. The molecule has 1 aromatic carbocycles. The topological polar surface area (TPSA) is 93.6 Å². The maximum absolute atomic E-state index is 12.7. The average Bonchev–Trinajstić information content (AvgIpc) is 3.05. The van der Waals surface area contributed by atoms with Crippen molar-refractivity contribution >= 4 is 21.7 Å². The number of nitrogens with zero attached hydrogens (tertiary/aromatic N) is 2. The number of esters is 1. The zero-order valence-electron chi connectivity index (χ0n) is 14.4. The van der Waals surface area contributed by atoms with E-state index in [1.54, 1.807) is 0 Å². The Labute approximate surface area is 157 Å². The maximum Gasteiger partial charge on any atom is 0.338 e. The smallest absolute Gasteiger partial charge is 0.338 e. The van der Waals surface area contributed by atoms with E-state index in [4.69, 9.17) is 4.74 Å². The molecule has 1 amide bonds. The fraction of sp³-hybridized carbons (Fsp3) is 0.211. The average molecular weight is 386 g/mol. The van der Waals surface area contributed by atoms with Crippen LogP contribution in [0.5, 0.6) is 0 Å². The Balaban J connectivity index is 1.71. The third kappa shape index (κ3) is 5.01. The van der Waals surface area contributed by atoms with E-state index >= 15 is 0 Å². The van der Waals surface area contributed by atoms with E-state index < -0.39 is 34.4 Å². The van der Waals surface area contributed by atoms with Crippen molar-refractivity contribution in [3.8, 4) is 0 Å². The van der Waals surface area contributed by atoms with Gasteiger partial charge in [0.25, 0.3) is 5.91 Å². The molecule has 3 rings (SSSR count). The van der Waals surface area contributed by atoms with Gasteiger partial charge in [-0.05, 0) is 23.8 Å². The second-order valence-corrected chi connectivity index (χ2v) is 7.98. The first kappa shape index (κ1) is 18.8. The number of rotatable bonds is 6. The highest BCUT2D eigenvalue weighted by molar-refractivity contribution is 7.94. The van der Waals surface area contributed by atoms with Gasteiger partial charge < -0.3 is 9.64 Å². The quantitative estimate of drug-likeness (QED) is 0.700. The lowest BCUT2D eigenvalue weighted by Gasteiger charge is -2.27. The van der Waals surface area contributed by atoms with Crippen molar-refractivity contribution in [2.75, 3.05) is 12.4 Å². The molecule has 27 heavy (non-hydrogen) atoms. The molecule has 0 aliphatic carbocycles. The highest BCUT2D eigenvalue weighted by atomic mass is 32.2. The van der Waals surface area contributed by atoms with Crippen molar-refractivity contribution in [3.63, 3.8) is 0 Å². The molecule has 0 saturated heterocycles. The Kier molecular flexibility index (Phi) is 5.66. The fourth-order valence-corrected chi connectivity index (χ4v) is 4.00. The molecule has 0 unspecified atom stereocenters. The molecule has 1 aliphatic rings. The molecule has 0 N–H and O–H groups in total. The molecular formula is C19H18N2O5S. The van der Waals surface area contributed by atoms with Crippen LogP contribution in [0.2, 0.25) is 0 Å². The minimum absolute atomic E-state index is 0.177. The molecule has 0 spiro atoms. The van der Waals surface area contributed by atoms with Gasteiger partial charge in [-0.2, -0.15) is 0 Å². The van der Waals surface area contributed by atoms with Crippen LogP contribution < -0.4 is 0 Å². The van der Waals surface area contributed by atoms with Gasteiger partial charge in [0.05, 0.1) is 17.4 Å². The van der Waals surface area contributed by atoms with Gasteiger partial charge in [0.15, 0.2) is 16.4 Å². The Bertz CT molecular complexity index is 943. The first-order valence-electron chi connectivity index (χ1n) is 8.26. The zero-order chi connectivity index (χ0) is 19.3. The van der Waals surface area contributed by atoms with E-state index in [9.17, 15) is 18.0 Å². The molecule has 140 valence electrons. The lowest BCUT2D eigenvalue weighted by molar-refractivity contribution is -0.136. The fourth-order valence-electron chi connectivity index (χ4n) is 2.71. The zero-order valence-corrected chi connectivity index (χ0v) is 15.2. The highest BCUT2D eigenvalue weighted by Gasteiger charge is 2.30. The predicted molar refractivity (Wildman–Crippen MR) is 98.2 cm³/mol. The summed E-state index contributed by atoms with van der Waals surface area (Å²) in [4.78, 5) is 29.9. The van der Waals surface area contributed by atoms with Gasteiger partial charge in [-0.25, -0.2) is 13.2 Å². The van der Waals surface area contributed by atoms with Gasteiger partial charge in [0.1, 0.15) is 0 Å².